The minimum atomic E-state index is -3.60. The number of amides is 1. The average molecular weight is 350 g/mol. The zero-order chi connectivity index (χ0) is 16.9. The quantitative estimate of drug-likeness (QED) is 0.894. The van der Waals surface area contributed by atoms with E-state index in [1.807, 2.05) is 11.8 Å². The molecule has 0 radical (unpaired) electrons. The zero-order valence-corrected chi connectivity index (χ0v) is 14.6. The van der Waals surface area contributed by atoms with Crippen LogP contribution in [0.4, 0.5) is 5.69 Å². The van der Waals surface area contributed by atoms with Crippen LogP contribution in [-0.4, -0.2) is 40.1 Å². The smallest absolute Gasteiger partial charge is 0.240 e. The lowest BCUT2D eigenvalue weighted by Gasteiger charge is -2.26. The second-order valence-corrected chi connectivity index (χ2v) is 8.59. The molecule has 1 amide bonds. The van der Waals surface area contributed by atoms with Crippen molar-refractivity contribution in [3.63, 3.8) is 0 Å². The monoisotopic (exact) mass is 350 g/mol. The van der Waals surface area contributed by atoms with Crippen molar-refractivity contribution in [1.82, 2.24) is 4.72 Å². The Labute approximate surface area is 142 Å². The number of sulfonamides is 1. The Morgan fingerprint density at radius 1 is 1.33 bits per heavy atom. The predicted molar refractivity (Wildman–Crippen MR) is 89.7 cm³/mol. The first-order chi connectivity index (χ1) is 11.5. The van der Waals surface area contributed by atoms with Gasteiger partial charge in [-0.25, -0.2) is 13.1 Å². The highest BCUT2D eigenvalue weighted by atomic mass is 32.2. The van der Waals surface area contributed by atoms with E-state index < -0.39 is 10.0 Å². The number of ether oxygens (including phenoxy) is 1. The fraction of sp³-hybridized carbons (Fsp3) is 0.588. The number of hydrogen-bond acceptors (Lipinski definition) is 4. The van der Waals surface area contributed by atoms with Crippen molar-refractivity contribution in [2.24, 2.45) is 0 Å². The molecular formula is C17H22N2O4S. The van der Waals surface area contributed by atoms with Crippen molar-refractivity contribution in [1.29, 1.82) is 0 Å². The van der Waals surface area contributed by atoms with Gasteiger partial charge in [-0.15, -0.1) is 0 Å². The standard InChI is InChI=1S/C17H22N2O4S/c1-11-15-9-14(24(21,22)18-10-13-5-3-7-23-13)8-12-4-2-6-19(16(12)15)17(11)20/h8-9,11,13,18H,2-7,10H2,1H3/t11-,13+/m0/s1. The number of carbonyl (C=O) groups is 1. The number of rotatable bonds is 4. The summed E-state index contributed by atoms with van der Waals surface area (Å²) < 4.78 is 33.5. The second kappa shape index (κ2) is 5.82. The van der Waals surface area contributed by atoms with Gasteiger partial charge in [0.15, 0.2) is 0 Å². The van der Waals surface area contributed by atoms with E-state index in [1.54, 1.807) is 12.1 Å². The molecule has 6 nitrogen and oxygen atoms in total. The highest BCUT2D eigenvalue weighted by Crippen LogP contribution is 2.43. The first-order valence-electron chi connectivity index (χ1n) is 8.57. The molecule has 3 heterocycles. The fourth-order valence-electron chi connectivity index (χ4n) is 3.91. The SMILES string of the molecule is C[C@@H]1C(=O)N2CCCc3cc(S(=O)(=O)NC[C@H]4CCCO4)cc1c32. The minimum Gasteiger partial charge on any atom is -0.377 e. The molecule has 1 aromatic rings. The van der Waals surface area contributed by atoms with Gasteiger partial charge in [0.1, 0.15) is 0 Å². The van der Waals surface area contributed by atoms with Crippen LogP contribution in [0.25, 0.3) is 0 Å². The van der Waals surface area contributed by atoms with Crippen molar-refractivity contribution in [3.8, 4) is 0 Å². The molecule has 0 aliphatic carbocycles. The summed E-state index contributed by atoms with van der Waals surface area (Å²) in [6, 6.07) is 3.40. The Bertz CT molecular complexity index is 784. The number of anilines is 1. The molecule has 24 heavy (non-hydrogen) atoms. The molecule has 0 aromatic heterocycles. The van der Waals surface area contributed by atoms with Gasteiger partial charge in [0.25, 0.3) is 0 Å². The Morgan fingerprint density at radius 3 is 2.92 bits per heavy atom. The lowest BCUT2D eigenvalue weighted by Crippen LogP contribution is -2.33. The van der Waals surface area contributed by atoms with Crippen LogP contribution in [0.15, 0.2) is 17.0 Å². The number of aryl methyl sites for hydroxylation is 1. The van der Waals surface area contributed by atoms with Gasteiger partial charge in [-0.05, 0) is 55.9 Å². The van der Waals surface area contributed by atoms with Crippen molar-refractivity contribution in [2.75, 3.05) is 24.6 Å². The van der Waals surface area contributed by atoms with E-state index in [4.69, 9.17) is 4.74 Å². The largest absolute Gasteiger partial charge is 0.377 e. The third kappa shape index (κ3) is 2.55. The number of carbonyl (C=O) groups excluding carboxylic acids is 1. The Morgan fingerprint density at radius 2 is 2.17 bits per heavy atom. The van der Waals surface area contributed by atoms with Gasteiger partial charge >= 0.3 is 0 Å². The summed E-state index contributed by atoms with van der Waals surface area (Å²) in [4.78, 5) is 14.5. The number of nitrogens with zero attached hydrogens (tertiary/aromatic N) is 1. The maximum Gasteiger partial charge on any atom is 0.240 e. The highest BCUT2D eigenvalue weighted by Gasteiger charge is 2.38. The number of nitrogens with one attached hydrogen (secondary N) is 1. The molecule has 1 saturated heterocycles. The minimum absolute atomic E-state index is 0.0384. The number of benzene rings is 1. The molecule has 0 bridgehead atoms. The molecule has 4 rings (SSSR count). The summed E-state index contributed by atoms with van der Waals surface area (Å²) in [6.07, 6.45) is 3.51. The predicted octanol–water partition coefficient (Wildman–Crippen LogP) is 1.54. The van der Waals surface area contributed by atoms with Crippen LogP contribution in [0.5, 0.6) is 0 Å². The van der Waals surface area contributed by atoms with Crippen molar-refractivity contribution in [3.05, 3.63) is 23.3 Å². The molecule has 3 aliphatic rings. The average Bonchev–Trinajstić information content (AvgIpc) is 3.18. The molecule has 0 spiro atoms. The summed E-state index contributed by atoms with van der Waals surface area (Å²) in [6.45, 7) is 3.58. The lowest BCUT2D eigenvalue weighted by atomic mass is 9.97. The van der Waals surface area contributed by atoms with Gasteiger partial charge in [0, 0.05) is 19.7 Å². The van der Waals surface area contributed by atoms with Crippen LogP contribution in [0, 0.1) is 0 Å². The van der Waals surface area contributed by atoms with Crippen molar-refractivity contribution in [2.45, 2.75) is 49.5 Å². The van der Waals surface area contributed by atoms with E-state index in [1.165, 1.54) is 0 Å². The molecular weight excluding hydrogens is 328 g/mol. The topological polar surface area (TPSA) is 75.7 Å². The molecule has 0 saturated carbocycles. The Hall–Kier alpha value is -1.44. The summed E-state index contributed by atoms with van der Waals surface area (Å²) in [5.41, 5.74) is 2.75. The van der Waals surface area contributed by atoms with Gasteiger partial charge in [-0.1, -0.05) is 0 Å². The molecule has 7 heteroatoms. The molecule has 1 fully saturated rings. The molecule has 1 aromatic carbocycles. The molecule has 1 N–H and O–H groups in total. The number of hydrogen-bond donors (Lipinski definition) is 1. The van der Waals surface area contributed by atoms with Crippen molar-refractivity contribution >= 4 is 21.6 Å². The van der Waals surface area contributed by atoms with Crippen LogP contribution in [-0.2, 0) is 26.0 Å². The molecule has 0 unspecified atom stereocenters. The maximum absolute atomic E-state index is 12.7. The van der Waals surface area contributed by atoms with E-state index >= 15 is 0 Å². The van der Waals surface area contributed by atoms with Crippen LogP contribution in [0.1, 0.15) is 43.2 Å². The zero-order valence-electron chi connectivity index (χ0n) is 13.7. The first kappa shape index (κ1) is 16.1. The molecule has 130 valence electrons. The lowest BCUT2D eigenvalue weighted by molar-refractivity contribution is -0.119. The van der Waals surface area contributed by atoms with Crippen LogP contribution in [0.2, 0.25) is 0 Å². The summed E-state index contributed by atoms with van der Waals surface area (Å²) in [7, 11) is -3.60. The maximum atomic E-state index is 12.7. The van der Waals surface area contributed by atoms with Crippen molar-refractivity contribution < 1.29 is 17.9 Å². The van der Waals surface area contributed by atoms with Crippen LogP contribution in [0.3, 0.4) is 0 Å². The molecule has 3 aliphatic heterocycles. The normalized spacial score (nSPS) is 26.0. The third-order valence-electron chi connectivity index (χ3n) is 5.23. The van der Waals surface area contributed by atoms with Gasteiger partial charge in [-0.2, -0.15) is 0 Å². The van der Waals surface area contributed by atoms with E-state index in [9.17, 15) is 13.2 Å². The Balaban J connectivity index is 1.66. The van der Waals surface area contributed by atoms with E-state index in [2.05, 4.69) is 4.72 Å². The summed E-state index contributed by atoms with van der Waals surface area (Å²) >= 11 is 0. The fourth-order valence-corrected chi connectivity index (χ4v) is 5.06. The van der Waals surface area contributed by atoms with Gasteiger partial charge in [0.05, 0.1) is 22.6 Å². The van der Waals surface area contributed by atoms with E-state index in [0.29, 0.717) is 13.2 Å². The van der Waals surface area contributed by atoms with E-state index in [0.717, 1.165) is 49.0 Å². The summed E-state index contributed by atoms with van der Waals surface area (Å²) in [5, 5.41) is 0. The highest BCUT2D eigenvalue weighted by molar-refractivity contribution is 7.89. The van der Waals surface area contributed by atoms with Gasteiger partial charge in [0.2, 0.25) is 15.9 Å². The molecule has 2 atom stereocenters. The van der Waals surface area contributed by atoms with Gasteiger partial charge < -0.3 is 9.64 Å². The van der Waals surface area contributed by atoms with Gasteiger partial charge in [-0.3, -0.25) is 4.79 Å². The first-order valence-corrected chi connectivity index (χ1v) is 10.0. The third-order valence-corrected chi connectivity index (χ3v) is 6.63. The Kier molecular flexibility index (Phi) is 3.89. The van der Waals surface area contributed by atoms with Crippen LogP contribution >= 0.6 is 0 Å². The second-order valence-electron chi connectivity index (χ2n) is 6.82. The summed E-state index contributed by atoms with van der Waals surface area (Å²) in [5.74, 6) is -0.196. The van der Waals surface area contributed by atoms with Crippen LogP contribution < -0.4 is 9.62 Å². The van der Waals surface area contributed by atoms with E-state index in [-0.39, 0.29) is 22.8 Å².